The van der Waals surface area contributed by atoms with Crippen LogP contribution in [0.5, 0.6) is 5.75 Å². The van der Waals surface area contributed by atoms with Crippen molar-refractivity contribution in [1.29, 1.82) is 0 Å². The molecule has 0 spiro atoms. The second-order valence-corrected chi connectivity index (χ2v) is 4.02. The van der Waals surface area contributed by atoms with Gasteiger partial charge in [0.1, 0.15) is 5.75 Å². The van der Waals surface area contributed by atoms with Crippen LogP contribution in [0.4, 0.5) is 0 Å². The molecule has 0 aliphatic carbocycles. The molecule has 0 amide bonds. The maximum absolute atomic E-state index is 11.7. The van der Waals surface area contributed by atoms with Crippen molar-refractivity contribution in [2.75, 3.05) is 7.11 Å². The molecule has 0 heterocycles. The lowest BCUT2D eigenvalue weighted by Gasteiger charge is -2.05. The molecule has 1 aromatic rings. The molecule has 1 rings (SSSR count). The number of hydrogen-bond donors (Lipinski definition) is 1. The van der Waals surface area contributed by atoms with Gasteiger partial charge >= 0.3 is 5.97 Å². The summed E-state index contributed by atoms with van der Waals surface area (Å²) < 4.78 is 5.64. The molecule has 4 nitrogen and oxygen atoms in total. The van der Waals surface area contributed by atoms with Crippen LogP contribution in [0.1, 0.15) is 23.2 Å². The van der Waals surface area contributed by atoms with E-state index in [0.29, 0.717) is 15.8 Å². The molecular weight excluding hydrogens is 276 g/mol. The predicted molar refractivity (Wildman–Crippen MR) is 61.9 cm³/mol. The Morgan fingerprint density at radius 2 is 2.06 bits per heavy atom. The summed E-state index contributed by atoms with van der Waals surface area (Å²) in [6.07, 6.45) is -0.177. The van der Waals surface area contributed by atoms with Crippen molar-refractivity contribution < 1.29 is 19.4 Å². The van der Waals surface area contributed by atoms with Crippen molar-refractivity contribution in [2.24, 2.45) is 0 Å². The van der Waals surface area contributed by atoms with Crippen LogP contribution in [0.25, 0.3) is 0 Å². The minimum atomic E-state index is -0.979. The van der Waals surface area contributed by atoms with E-state index in [9.17, 15) is 9.59 Å². The lowest BCUT2D eigenvalue weighted by Crippen LogP contribution is -2.04. The highest BCUT2D eigenvalue weighted by Crippen LogP contribution is 2.23. The number of carbonyl (C=O) groups excluding carboxylic acids is 1. The predicted octanol–water partition coefficient (Wildman–Crippen LogP) is 2.51. The maximum Gasteiger partial charge on any atom is 0.303 e. The lowest BCUT2D eigenvalue weighted by atomic mass is 10.1. The van der Waals surface area contributed by atoms with Crippen LogP contribution in [-0.4, -0.2) is 24.0 Å². The summed E-state index contributed by atoms with van der Waals surface area (Å²) in [6, 6.07) is 5.01. The van der Waals surface area contributed by atoms with Gasteiger partial charge in [-0.3, -0.25) is 9.59 Å². The van der Waals surface area contributed by atoms with Gasteiger partial charge in [0.25, 0.3) is 0 Å². The van der Waals surface area contributed by atoms with Crippen LogP contribution in [0, 0.1) is 0 Å². The van der Waals surface area contributed by atoms with E-state index >= 15 is 0 Å². The summed E-state index contributed by atoms with van der Waals surface area (Å²) in [5.41, 5.74) is 0.445. The number of Topliss-reactive ketones (excluding diaryl/α,β-unsaturated/α-hetero) is 1. The first-order valence-corrected chi connectivity index (χ1v) is 5.42. The number of rotatable bonds is 5. The molecule has 0 aliphatic rings. The Morgan fingerprint density at radius 1 is 1.38 bits per heavy atom. The average Bonchev–Trinajstić information content (AvgIpc) is 2.26. The molecule has 0 fully saturated rings. The summed E-state index contributed by atoms with van der Waals surface area (Å²) in [4.78, 5) is 22.0. The highest BCUT2D eigenvalue weighted by atomic mass is 79.9. The van der Waals surface area contributed by atoms with Crippen LogP contribution in [0.15, 0.2) is 22.7 Å². The lowest BCUT2D eigenvalue weighted by molar-refractivity contribution is -0.136. The standard InChI is InChI=1S/C11H11BrO4/c1-16-7-2-3-9(12)8(6-7)10(13)4-5-11(14)15/h2-3,6H,4-5H2,1H3,(H,14,15). The summed E-state index contributed by atoms with van der Waals surface area (Å²) in [7, 11) is 1.51. The minimum Gasteiger partial charge on any atom is -0.497 e. The van der Waals surface area contributed by atoms with E-state index in [1.54, 1.807) is 18.2 Å². The molecule has 0 aromatic heterocycles. The average molecular weight is 287 g/mol. The largest absolute Gasteiger partial charge is 0.497 e. The number of carbonyl (C=O) groups is 2. The number of halogens is 1. The topological polar surface area (TPSA) is 63.6 Å². The zero-order chi connectivity index (χ0) is 12.1. The summed E-state index contributed by atoms with van der Waals surface area (Å²) in [5.74, 6) is -0.623. The van der Waals surface area contributed by atoms with Gasteiger partial charge in [-0.25, -0.2) is 0 Å². The van der Waals surface area contributed by atoms with Crippen molar-refractivity contribution in [3.05, 3.63) is 28.2 Å². The number of hydrogen-bond acceptors (Lipinski definition) is 3. The molecule has 5 heteroatoms. The molecule has 0 bridgehead atoms. The summed E-state index contributed by atoms with van der Waals surface area (Å²) in [6.45, 7) is 0. The molecule has 1 aromatic carbocycles. The van der Waals surface area contributed by atoms with Gasteiger partial charge in [0.05, 0.1) is 13.5 Å². The van der Waals surface area contributed by atoms with Gasteiger partial charge in [0.15, 0.2) is 5.78 Å². The third kappa shape index (κ3) is 3.34. The molecule has 1 N–H and O–H groups in total. The zero-order valence-corrected chi connectivity index (χ0v) is 10.3. The fourth-order valence-electron chi connectivity index (χ4n) is 1.20. The van der Waals surface area contributed by atoms with Gasteiger partial charge in [0, 0.05) is 16.5 Å². The molecule has 0 unspecified atom stereocenters. The van der Waals surface area contributed by atoms with Gasteiger partial charge in [-0.05, 0) is 18.2 Å². The van der Waals surface area contributed by atoms with Gasteiger partial charge in [-0.1, -0.05) is 15.9 Å². The van der Waals surface area contributed by atoms with E-state index in [-0.39, 0.29) is 18.6 Å². The Balaban J connectivity index is 2.85. The Bertz CT molecular complexity index is 414. The van der Waals surface area contributed by atoms with E-state index < -0.39 is 5.97 Å². The van der Waals surface area contributed by atoms with Crippen molar-refractivity contribution in [2.45, 2.75) is 12.8 Å². The molecule has 16 heavy (non-hydrogen) atoms. The molecule has 0 aliphatic heterocycles. The number of benzene rings is 1. The van der Waals surface area contributed by atoms with E-state index in [4.69, 9.17) is 9.84 Å². The third-order valence-corrected chi connectivity index (χ3v) is 2.73. The van der Waals surface area contributed by atoms with E-state index in [2.05, 4.69) is 15.9 Å². The summed E-state index contributed by atoms with van der Waals surface area (Å²) in [5, 5.41) is 8.49. The van der Waals surface area contributed by atoms with Crippen molar-refractivity contribution >= 4 is 27.7 Å². The second kappa shape index (κ2) is 5.65. The Hall–Kier alpha value is -1.36. The van der Waals surface area contributed by atoms with Crippen molar-refractivity contribution in [1.82, 2.24) is 0 Å². The first-order valence-electron chi connectivity index (χ1n) is 4.63. The van der Waals surface area contributed by atoms with Crippen LogP contribution in [0.2, 0.25) is 0 Å². The smallest absolute Gasteiger partial charge is 0.303 e. The molecule has 86 valence electrons. The number of ether oxygens (including phenoxy) is 1. The quantitative estimate of drug-likeness (QED) is 0.845. The molecular formula is C11H11BrO4. The number of ketones is 1. The number of methoxy groups -OCH3 is 1. The van der Waals surface area contributed by atoms with Gasteiger partial charge in [-0.15, -0.1) is 0 Å². The third-order valence-electron chi connectivity index (χ3n) is 2.04. The first-order chi connectivity index (χ1) is 7.54. The normalized spacial score (nSPS) is 9.88. The molecule has 0 atom stereocenters. The Morgan fingerprint density at radius 3 is 2.62 bits per heavy atom. The summed E-state index contributed by atoms with van der Waals surface area (Å²) >= 11 is 3.24. The van der Waals surface area contributed by atoms with Crippen LogP contribution >= 0.6 is 15.9 Å². The maximum atomic E-state index is 11.7. The number of carboxylic acids is 1. The molecule has 0 saturated heterocycles. The fraction of sp³-hybridized carbons (Fsp3) is 0.273. The van der Waals surface area contributed by atoms with E-state index in [1.165, 1.54) is 7.11 Å². The van der Waals surface area contributed by atoms with Crippen LogP contribution in [0.3, 0.4) is 0 Å². The fourth-order valence-corrected chi connectivity index (χ4v) is 1.67. The van der Waals surface area contributed by atoms with E-state index in [0.717, 1.165) is 0 Å². The van der Waals surface area contributed by atoms with Crippen LogP contribution < -0.4 is 4.74 Å². The van der Waals surface area contributed by atoms with Gasteiger partial charge < -0.3 is 9.84 Å². The number of aliphatic carboxylic acids is 1. The van der Waals surface area contributed by atoms with Gasteiger partial charge in [-0.2, -0.15) is 0 Å². The number of carboxylic acid groups (broad SMARTS) is 1. The Kier molecular flexibility index (Phi) is 4.49. The van der Waals surface area contributed by atoms with Crippen LogP contribution in [-0.2, 0) is 4.79 Å². The zero-order valence-electron chi connectivity index (χ0n) is 8.70. The SMILES string of the molecule is COc1ccc(Br)c(C(=O)CCC(=O)O)c1. The molecule has 0 saturated carbocycles. The highest BCUT2D eigenvalue weighted by Gasteiger charge is 2.12. The van der Waals surface area contributed by atoms with Crippen molar-refractivity contribution in [3.8, 4) is 5.75 Å². The van der Waals surface area contributed by atoms with E-state index in [1.807, 2.05) is 0 Å². The highest BCUT2D eigenvalue weighted by molar-refractivity contribution is 9.10. The minimum absolute atomic E-state index is 0.0128. The van der Waals surface area contributed by atoms with Crippen molar-refractivity contribution in [3.63, 3.8) is 0 Å². The Labute approximate surface area is 101 Å². The second-order valence-electron chi connectivity index (χ2n) is 3.16. The molecule has 0 radical (unpaired) electrons. The monoisotopic (exact) mass is 286 g/mol. The van der Waals surface area contributed by atoms with Gasteiger partial charge in [0.2, 0.25) is 0 Å². The first kappa shape index (κ1) is 12.7.